The molecule has 1 aliphatic carbocycles. The fraction of sp³-hybridized carbons (Fsp3) is 0.652. The number of para-hydroxylation sites is 2. The molecule has 1 aromatic rings. The first-order chi connectivity index (χ1) is 14.7. The van der Waals surface area contributed by atoms with Crippen LogP contribution in [-0.4, -0.2) is 57.7 Å². The number of benzene rings is 1. The molecule has 1 saturated heterocycles. The van der Waals surface area contributed by atoms with Crippen LogP contribution in [0, 0.1) is 5.92 Å². The van der Waals surface area contributed by atoms with Crippen molar-refractivity contribution in [2.75, 3.05) is 44.7 Å². The minimum Gasteiger partial charge on any atom is -0.495 e. The Morgan fingerprint density at radius 1 is 1.19 bits per heavy atom. The van der Waals surface area contributed by atoms with E-state index in [1.165, 1.54) is 25.7 Å². The molecule has 1 unspecified atom stereocenters. The first-order valence-corrected chi connectivity index (χ1v) is 11.4. The Hall–Kier alpha value is -1.71. The highest BCUT2D eigenvalue weighted by molar-refractivity contribution is 14.0. The van der Waals surface area contributed by atoms with Crippen LogP contribution in [0.3, 0.4) is 0 Å². The van der Waals surface area contributed by atoms with Crippen molar-refractivity contribution in [3.8, 4) is 5.75 Å². The summed E-state index contributed by atoms with van der Waals surface area (Å²) in [5.41, 5.74) is 1.14. The fourth-order valence-corrected chi connectivity index (χ4v) is 4.41. The van der Waals surface area contributed by atoms with Crippen molar-refractivity contribution in [1.82, 2.24) is 16.0 Å². The summed E-state index contributed by atoms with van der Waals surface area (Å²) in [6.45, 7) is 5.92. The molecule has 1 aromatic carbocycles. The summed E-state index contributed by atoms with van der Waals surface area (Å²) in [7, 11) is 1.72. The van der Waals surface area contributed by atoms with Crippen LogP contribution in [0.4, 0.5) is 5.69 Å². The number of rotatable bonds is 9. The van der Waals surface area contributed by atoms with E-state index in [2.05, 4.69) is 38.8 Å². The lowest BCUT2D eigenvalue weighted by Crippen LogP contribution is -2.45. The highest BCUT2D eigenvalue weighted by Crippen LogP contribution is 2.30. The van der Waals surface area contributed by atoms with Crippen molar-refractivity contribution in [2.24, 2.45) is 10.9 Å². The van der Waals surface area contributed by atoms with Gasteiger partial charge in [0.25, 0.3) is 0 Å². The van der Waals surface area contributed by atoms with E-state index >= 15 is 0 Å². The molecule has 0 aromatic heterocycles. The molecule has 7 nitrogen and oxygen atoms in total. The highest BCUT2D eigenvalue weighted by Gasteiger charge is 2.25. The van der Waals surface area contributed by atoms with Gasteiger partial charge in [0.15, 0.2) is 5.96 Å². The smallest absolute Gasteiger partial charge is 0.220 e. The third kappa shape index (κ3) is 8.05. The number of carbonyl (C=O) groups excluding carboxylic acids is 1. The first kappa shape index (κ1) is 25.5. The number of hydrogen-bond donors (Lipinski definition) is 3. The minimum atomic E-state index is 0. The molecule has 1 heterocycles. The summed E-state index contributed by atoms with van der Waals surface area (Å²) in [4.78, 5) is 19.1. The van der Waals surface area contributed by atoms with Crippen molar-refractivity contribution in [1.29, 1.82) is 0 Å². The predicted molar refractivity (Wildman–Crippen MR) is 138 cm³/mol. The third-order valence-electron chi connectivity index (χ3n) is 5.95. The lowest BCUT2D eigenvalue weighted by atomic mass is 10.0. The van der Waals surface area contributed by atoms with Gasteiger partial charge in [-0.2, -0.15) is 0 Å². The molecule has 0 spiro atoms. The summed E-state index contributed by atoms with van der Waals surface area (Å²) < 4.78 is 5.51. The van der Waals surface area contributed by atoms with E-state index in [0.717, 1.165) is 43.5 Å². The molecule has 1 saturated carbocycles. The van der Waals surface area contributed by atoms with Gasteiger partial charge in [0.2, 0.25) is 5.91 Å². The van der Waals surface area contributed by atoms with Crippen LogP contribution in [0.1, 0.15) is 45.4 Å². The molecule has 8 heteroatoms. The number of aliphatic imine (C=N–C) groups is 1. The number of carbonyl (C=O) groups is 1. The second-order valence-electron chi connectivity index (χ2n) is 8.21. The van der Waals surface area contributed by atoms with Gasteiger partial charge in [-0.1, -0.05) is 25.0 Å². The van der Waals surface area contributed by atoms with Gasteiger partial charge in [-0.25, -0.2) is 0 Å². The molecule has 0 bridgehead atoms. The van der Waals surface area contributed by atoms with Crippen LogP contribution in [-0.2, 0) is 4.79 Å². The van der Waals surface area contributed by atoms with Crippen LogP contribution in [0.25, 0.3) is 0 Å². The molecule has 31 heavy (non-hydrogen) atoms. The number of amides is 1. The molecule has 3 rings (SSSR count). The van der Waals surface area contributed by atoms with Gasteiger partial charge in [0.05, 0.1) is 19.3 Å². The maximum Gasteiger partial charge on any atom is 0.220 e. The van der Waals surface area contributed by atoms with Crippen molar-refractivity contribution in [3.63, 3.8) is 0 Å². The standard InChI is InChI=1S/C23H37N5O2.HI/c1-3-24-23(26-14-13-25-22(29)16-18-8-4-5-9-18)27-19-12-15-28(17-19)20-10-6-7-11-21(20)30-2;/h6-7,10-11,18-19H,3-5,8-9,12-17H2,1-2H3,(H,25,29)(H2,24,26,27);1H. The molecule has 1 atom stereocenters. The van der Waals surface area contributed by atoms with Crippen LogP contribution >= 0.6 is 24.0 Å². The van der Waals surface area contributed by atoms with Crippen LogP contribution in [0.2, 0.25) is 0 Å². The number of guanidine groups is 1. The van der Waals surface area contributed by atoms with Crippen LogP contribution in [0.5, 0.6) is 5.75 Å². The molecule has 2 aliphatic rings. The molecule has 1 aliphatic heterocycles. The van der Waals surface area contributed by atoms with Crippen molar-refractivity contribution < 1.29 is 9.53 Å². The Kier molecular flexibility index (Phi) is 11.2. The van der Waals surface area contributed by atoms with Crippen molar-refractivity contribution in [2.45, 2.75) is 51.5 Å². The Bertz CT molecular complexity index is 709. The summed E-state index contributed by atoms with van der Waals surface area (Å²) in [6, 6.07) is 8.48. The van der Waals surface area contributed by atoms with Gasteiger partial charge in [0.1, 0.15) is 5.75 Å². The van der Waals surface area contributed by atoms with E-state index in [-0.39, 0.29) is 29.9 Å². The van der Waals surface area contributed by atoms with E-state index < -0.39 is 0 Å². The lowest BCUT2D eigenvalue weighted by molar-refractivity contribution is -0.121. The van der Waals surface area contributed by atoms with Gasteiger partial charge < -0.3 is 25.6 Å². The van der Waals surface area contributed by atoms with E-state index in [1.807, 2.05) is 18.2 Å². The first-order valence-electron chi connectivity index (χ1n) is 11.4. The number of nitrogens with one attached hydrogen (secondary N) is 3. The molecule has 174 valence electrons. The largest absolute Gasteiger partial charge is 0.495 e. The van der Waals surface area contributed by atoms with Crippen LogP contribution in [0.15, 0.2) is 29.3 Å². The highest BCUT2D eigenvalue weighted by atomic mass is 127. The van der Waals surface area contributed by atoms with Crippen molar-refractivity contribution >= 4 is 41.5 Å². The number of halogens is 1. The van der Waals surface area contributed by atoms with E-state index in [9.17, 15) is 4.79 Å². The SMILES string of the molecule is CCNC(=NCCNC(=O)CC1CCCC1)NC1CCN(c2ccccc2OC)C1.I. The zero-order valence-electron chi connectivity index (χ0n) is 18.9. The minimum absolute atomic E-state index is 0. The van der Waals surface area contributed by atoms with E-state index in [0.29, 0.717) is 31.5 Å². The summed E-state index contributed by atoms with van der Waals surface area (Å²) in [5, 5.41) is 9.88. The number of nitrogens with zero attached hydrogens (tertiary/aromatic N) is 2. The monoisotopic (exact) mass is 543 g/mol. The van der Waals surface area contributed by atoms with E-state index in [1.54, 1.807) is 7.11 Å². The molecular weight excluding hydrogens is 505 g/mol. The van der Waals surface area contributed by atoms with Gasteiger partial charge >= 0.3 is 0 Å². The van der Waals surface area contributed by atoms with Crippen molar-refractivity contribution in [3.05, 3.63) is 24.3 Å². The van der Waals surface area contributed by atoms with Crippen LogP contribution < -0.4 is 25.6 Å². The molecule has 1 amide bonds. The maximum absolute atomic E-state index is 12.1. The zero-order valence-corrected chi connectivity index (χ0v) is 21.2. The average molecular weight is 543 g/mol. The maximum atomic E-state index is 12.1. The summed E-state index contributed by atoms with van der Waals surface area (Å²) in [6.07, 6.45) is 6.66. The molecule has 3 N–H and O–H groups in total. The van der Waals surface area contributed by atoms with E-state index in [4.69, 9.17) is 4.74 Å². The summed E-state index contributed by atoms with van der Waals surface area (Å²) in [5.74, 6) is 2.47. The molecular formula is C23H38IN5O2. The zero-order chi connectivity index (χ0) is 21.2. The Morgan fingerprint density at radius 2 is 1.97 bits per heavy atom. The Labute approximate surface area is 203 Å². The number of methoxy groups -OCH3 is 1. The Balaban J connectivity index is 0.00000341. The van der Waals surface area contributed by atoms with Gasteiger partial charge in [-0.3, -0.25) is 9.79 Å². The van der Waals surface area contributed by atoms with Gasteiger partial charge in [0, 0.05) is 38.6 Å². The second-order valence-corrected chi connectivity index (χ2v) is 8.21. The topological polar surface area (TPSA) is 78.0 Å². The fourth-order valence-electron chi connectivity index (χ4n) is 4.41. The van der Waals surface area contributed by atoms with Gasteiger partial charge in [-0.05, 0) is 44.2 Å². The third-order valence-corrected chi connectivity index (χ3v) is 5.95. The number of ether oxygens (including phenoxy) is 1. The van der Waals surface area contributed by atoms with Gasteiger partial charge in [-0.15, -0.1) is 24.0 Å². The summed E-state index contributed by atoms with van der Waals surface area (Å²) >= 11 is 0. The molecule has 2 fully saturated rings. The average Bonchev–Trinajstić information content (AvgIpc) is 3.43. The second kappa shape index (κ2) is 13.6. The Morgan fingerprint density at radius 3 is 2.71 bits per heavy atom. The lowest BCUT2D eigenvalue weighted by Gasteiger charge is -2.22. The number of anilines is 1. The normalized spacial score (nSPS) is 19.1. The quantitative estimate of drug-likeness (QED) is 0.193. The molecule has 0 radical (unpaired) electrons. The predicted octanol–water partition coefficient (Wildman–Crippen LogP) is 3.14. The number of hydrogen-bond acceptors (Lipinski definition) is 4.